The minimum atomic E-state index is -0.533. The van der Waals surface area contributed by atoms with Crippen LogP contribution in [0.4, 0.5) is 0 Å². The van der Waals surface area contributed by atoms with Crippen LogP contribution in [0.1, 0.15) is 0 Å². The molecule has 0 aliphatic carbocycles. The van der Waals surface area contributed by atoms with Crippen LogP contribution in [0.2, 0.25) is 0 Å². The summed E-state index contributed by atoms with van der Waals surface area (Å²) in [5.41, 5.74) is -0.0991. The van der Waals surface area contributed by atoms with Gasteiger partial charge in [0.1, 0.15) is 11.7 Å². The van der Waals surface area contributed by atoms with Crippen LogP contribution in [0.15, 0.2) is 25.3 Å². The molecule has 0 radical (unpaired) electrons. The summed E-state index contributed by atoms with van der Waals surface area (Å²) < 4.78 is 0. The summed E-state index contributed by atoms with van der Waals surface area (Å²) in [4.78, 5) is 4.09. The number of alkyl halides is 1. The Hall–Kier alpha value is -0.350. The van der Waals surface area contributed by atoms with Gasteiger partial charge in [0.2, 0.25) is 0 Å². The molecule has 1 saturated heterocycles. The maximum absolute atomic E-state index is 9.50. The zero-order valence-corrected chi connectivity index (χ0v) is 9.03. The van der Waals surface area contributed by atoms with Gasteiger partial charge in [0.05, 0.1) is 0 Å². The van der Waals surface area contributed by atoms with Crippen molar-refractivity contribution < 1.29 is 5.11 Å². The number of piperazine rings is 1. The molecule has 1 N–H and O–H groups in total. The number of aliphatic hydroxyl groups is 1. The van der Waals surface area contributed by atoms with E-state index in [4.69, 9.17) is 11.6 Å². The van der Waals surface area contributed by atoms with Crippen molar-refractivity contribution >= 4 is 11.6 Å². The van der Waals surface area contributed by atoms with E-state index >= 15 is 0 Å². The second-order valence-corrected chi connectivity index (χ2v) is 3.78. The van der Waals surface area contributed by atoms with Gasteiger partial charge in [-0.1, -0.05) is 12.7 Å². The van der Waals surface area contributed by atoms with Crippen LogP contribution in [0.25, 0.3) is 0 Å². The summed E-state index contributed by atoms with van der Waals surface area (Å²) in [6.07, 6.45) is 2.73. The molecule has 0 spiro atoms. The number of nitrogens with zero attached hydrogens (tertiary/aromatic N) is 2. The SMILES string of the molecule is C=CC(O)N1CCN(C(Cl)C=C)CC1. The highest BCUT2D eigenvalue weighted by molar-refractivity contribution is 6.21. The third-order valence-electron chi connectivity index (χ3n) is 2.48. The van der Waals surface area contributed by atoms with Crippen molar-refractivity contribution in [2.24, 2.45) is 0 Å². The van der Waals surface area contributed by atoms with Gasteiger partial charge in [0, 0.05) is 26.2 Å². The number of aliphatic hydroxyl groups excluding tert-OH is 1. The van der Waals surface area contributed by atoms with Gasteiger partial charge in [0.15, 0.2) is 0 Å². The highest BCUT2D eigenvalue weighted by Crippen LogP contribution is 2.11. The lowest BCUT2D eigenvalue weighted by Crippen LogP contribution is -2.51. The molecule has 0 aromatic carbocycles. The van der Waals surface area contributed by atoms with E-state index < -0.39 is 6.23 Å². The van der Waals surface area contributed by atoms with E-state index in [1.165, 1.54) is 0 Å². The maximum Gasteiger partial charge on any atom is 0.126 e. The smallest absolute Gasteiger partial charge is 0.126 e. The standard InChI is InChI=1S/C10H17ClN2O/c1-3-9(11)12-5-7-13(8-6-12)10(14)4-2/h3-4,9-10,14H,1-2,5-8H2. The van der Waals surface area contributed by atoms with Gasteiger partial charge >= 0.3 is 0 Å². The quantitative estimate of drug-likeness (QED) is 0.429. The third kappa shape index (κ3) is 2.82. The highest BCUT2D eigenvalue weighted by atomic mass is 35.5. The number of hydrogen-bond acceptors (Lipinski definition) is 3. The van der Waals surface area contributed by atoms with Gasteiger partial charge in [0.25, 0.3) is 0 Å². The summed E-state index contributed by atoms with van der Waals surface area (Å²) in [7, 11) is 0. The normalized spacial score (nSPS) is 24.1. The van der Waals surface area contributed by atoms with Crippen molar-refractivity contribution in [1.82, 2.24) is 9.80 Å². The Bertz CT molecular complexity index is 180. The molecule has 0 amide bonds. The monoisotopic (exact) mass is 216 g/mol. The van der Waals surface area contributed by atoms with Crippen molar-refractivity contribution in [1.29, 1.82) is 0 Å². The second kappa shape index (κ2) is 5.51. The van der Waals surface area contributed by atoms with Crippen LogP contribution in [-0.4, -0.2) is 52.8 Å². The van der Waals surface area contributed by atoms with E-state index in [-0.39, 0.29) is 5.50 Å². The number of hydrogen-bond donors (Lipinski definition) is 1. The van der Waals surface area contributed by atoms with Crippen molar-refractivity contribution in [3.8, 4) is 0 Å². The molecule has 2 unspecified atom stereocenters. The fourth-order valence-electron chi connectivity index (χ4n) is 1.55. The molecule has 4 heteroatoms. The Morgan fingerprint density at radius 3 is 2.00 bits per heavy atom. The molecule has 1 rings (SSSR count). The summed E-state index contributed by atoms with van der Waals surface area (Å²) in [6, 6.07) is 0. The fraction of sp³-hybridized carbons (Fsp3) is 0.600. The van der Waals surface area contributed by atoms with Crippen LogP contribution >= 0.6 is 11.6 Å². The molecule has 1 fully saturated rings. The third-order valence-corrected chi connectivity index (χ3v) is 2.93. The molecular weight excluding hydrogens is 200 g/mol. The first-order chi connectivity index (χ1) is 6.69. The first-order valence-electron chi connectivity index (χ1n) is 4.74. The van der Waals surface area contributed by atoms with Gasteiger partial charge < -0.3 is 5.11 Å². The molecule has 14 heavy (non-hydrogen) atoms. The molecule has 0 saturated carbocycles. The number of rotatable bonds is 4. The van der Waals surface area contributed by atoms with Crippen molar-refractivity contribution in [2.45, 2.75) is 11.7 Å². The predicted octanol–water partition coefficient (Wildman–Crippen LogP) is 0.859. The van der Waals surface area contributed by atoms with Crippen molar-refractivity contribution in [3.63, 3.8) is 0 Å². The molecule has 0 aromatic rings. The van der Waals surface area contributed by atoms with E-state index in [0.717, 1.165) is 26.2 Å². The van der Waals surface area contributed by atoms with Crippen LogP contribution in [0.3, 0.4) is 0 Å². The minimum absolute atomic E-state index is 0.0991. The van der Waals surface area contributed by atoms with Gasteiger partial charge in [-0.25, -0.2) is 0 Å². The highest BCUT2D eigenvalue weighted by Gasteiger charge is 2.22. The van der Waals surface area contributed by atoms with Crippen LogP contribution in [0.5, 0.6) is 0 Å². The second-order valence-electron chi connectivity index (χ2n) is 3.33. The molecule has 1 aliphatic rings. The largest absolute Gasteiger partial charge is 0.375 e. The average Bonchev–Trinajstić information content (AvgIpc) is 2.27. The lowest BCUT2D eigenvalue weighted by atomic mass is 10.3. The lowest BCUT2D eigenvalue weighted by Gasteiger charge is -2.37. The molecule has 0 bridgehead atoms. The van der Waals surface area contributed by atoms with Gasteiger partial charge in [-0.15, -0.1) is 18.2 Å². The zero-order chi connectivity index (χ0) is 10.6. The molecule has 3 nitrogen and oxygen atoms in total. The Morgan fingerprint density at radius 2 is 1.57 bits per heavy atom. The van der Waals surface area contributed by atoms with Gasteiger partial charge in [-0.3, -0.25) is 9.80 Å². The molecule has 1 aliphatic heterocycles. The summed E-state index contributed by atoms with van der Waals surface area (Å²) >= 11 is 6.01. The maximum atomic E-state index is 9.50. The van der Waals surface area contributed by atoms with Crippen LogP contribution in [-0.2, 0) is 0 Å². The van der Waals surface area contributed by atoms with E-state index in [2.05, 4.69) is 18.1 Å². The van der Waals surface area contributed by atoms with Crippen LogP contribution in [0, 0.1) is 0 Å². The van der Waals surface area contributed by atoms with Gasteiger partial charge in [-0.05, 0) is 6.08 Å². The van der Waals surface area contributed by atoms with E-state index in [1.807, 2.05) is 4.90 Å². The molecular formula is C10H17ClN2O. The van der Waals surface area contributed by atoms with Crippen molar-refractivity contribution in [2.75, 3.05) is 26.2 Å². The number of halogens is 1. The Kier molecular flexibility index (Phi) is 4.62. The van der Waals surface area contributed by atoms with E-state index in [9.17, 15) is 5.11 Å². The lowest BCUT2D eigenvalue weighted by molar-refractivity contribution is 0.00565. The minimum Gasteiger partial charge on any atom is -0.375 e. The van der Waals surface area contributed by atoms with Crippen LogP contribution < -0.4 is 0 Å². The Morgan fingerprint density at radius 1 is 1.07 bits per heavy atom. The van der Waals surface area contributed by atoms with Gasteiger partial charge in [-0.2, -0.15) is 0 Å². The summed E-state index contributed by atoms with van der Waals surface area (Å²) in [5, 5.41) is 9.50. The Labute approximate surface area is 90.3 Å². The molecule has 0 aromatic heterocycles. The van der Waals surface area contributed by atoms with E-state index in [0.29, 0.717) is 0 Å². The first kappa shape index (κ1) is 11.7. The molecule has 80 valence electrons. The van der Waals surface area contributed by atoms with E-state index in [1.54, 1.807) is 12.2 Å². The molecule has 2 atom stereocenters. The summed E-state index contributed by atoms with van der Waals surface area (Å²) in [5.74, 6) is 0. The fourth-order valence-corrected chi connectivity index (χ4v) is 1.74. The zero-order valence-electron chi connectivity index (χ0n) is 8.27. The first-order valence-corrected chi connectivity index (χ1v) is 5.18. The topological polar surface area (TPSA) is 26.7 Å². The molecule has 1 heterocycles. The Balaban J connectivity index is 2.38. The summed E-state index contributed by atoms with van der Waals surface area (Å²) in [6.45, 7) is 10.5. The predicted molar refractivity (Wildman–Crippen MR) is 59.2 cm³/mol. The van der Waals surface area contributed by atoms with Crippen molar-refractivity contribution in [3.05, 3.63) is 25.3 Å². The average molecular weight is 217 g/mol.